The summed E-state index contributed by atoms with van der Waals surface area (Å²) in [6.45, 7) is -1.94. The van der Waals surface area contributed by atoms with Gasteiger partial charge in [-0.2, -0.15) is 0 Å². The molecule has 26 nitrogen and oxygen atoms in total. The van der Waals surface area contributed by atoms with Crippen molar-refractivity contribution in [2.75, 3.05) is 19.8 Å². The van der Waals surface area contributed by atoms with Gasteiger partial charge in [0.25, 0.3) is 0 Å². The molecule has 4 rings (SSSR count). The molecule has 1 saturated carbocycles. The molecule has 3 heterocycles. The van der Waals surface area contributed by atoms with Gasteiger partial charge in [-0.25, -0.2) is 0 Å². The summed E-state index contributed by atoms with van der Waals surface area (Å²) in [5.41, 5.74) is 36.1. The zero-order chi connectivity index (χ0) is 35.8. The van der Waals surface area contributed by atoms with Gasteiger partial charge in [-0.15, -0.1) is 0 Å². The molecule has 26 heteroatoms. The fourth-order valence-corrected chi connectivity index (χ4v) is 6.09. The summed E-state index contributed by atoms with van der Waals surface area (Å²) in [7, 11) is 0. The molecule has 49 heavy (non-hydrogen) atoms. The Labute approximate surface area is 274 Å². The van der Waals surface area contributed by atoms with E-state index in [0.29, 0.717) is 0 Å². The molecule has 0 radical (unpaired) electrons. The number of rotatable bonds is 13. The van der Waals surface area contributed by atoms with Crippen LogP contribution in [0.2, 0.25) is 0 Å². The molecule has 0 aromatic rings. The molecule has 4 aliphatic rings. The fraction of sp³-hybridized carbons (Fsp3) is 1.00. The van der Waals surface area contributed by atoms with E-state index in [0.717, 1.165) is 0 Å². The first-order chi connectivity index (χ1) is 23.5. The van der Waals surface area contributed by atoms with Crippen molar-refractivity contribution in [3.63, 3.8) is 0 Å². The van der Waals surface area contributed by atoms with Crippen molar-refractivity contribution in [1.82, 2.24) is 0 Å². The van der Waals surface area contributed by atoms with Gasteiger partial charge in [-0.05, 0) is 28.5 Å². The van der Waals surface area contributed by atoms with Gasteiger partial charge in [-0.1, -0.05) is 20.5 Å². The van der Waals surface area contributed by atoms with Gasteiger partial charge >= 0.3 is 0 Å². The first kappa shape index (κ1) is 38.5. The molecular formula is C23H36N12O14. The maximum absolute atomic E-state index is 11.3. The Hall–Kier alpha value is -3.32. The summed E-state index contributed by atoms with van der Waals surface area (Å²) in [6.07, 6.45) is -24.0. The highest BCUT2D eigenvalue weighted by Gasteiger charge is 2.54. The summed E-state index contributed by atoms with van der Waals surface area (Å²) >= 11 is 0. The molecule has 18 atom stereocenters. The van der Waals surface area contributed by atoms with E-state index in [-0.39, 0.29) is 19.4 Å². The van der Waals surface area contributed by atoms with Gasteiger partial charge in [0.15, 0.2) is 18.9 Å². The van der Waals surface area contributed by atoms with Crippen LogP contribution in [0.15, 0.2) is 20.5 Å². The lowest BCUT2D eigenvalue weighted by atomic mass is 9.84. The SMILES string of the molecule is [N-]=[N+]=NC[C@@H]1O[C@H](O[C@@H]2C(O)[C@H](O[C@@H]3C(O)[C@H](N=[N+]=[N-])CC(N=[N+]=[N-])[C@@H]3O[C@@H]3OC(CO)[C@H](O)[C@H](O)C3N=[N+]=[N-])O[C@@H]2CO)CC(O)[C@@H]1O. The van der Waals surface area contributed by atoms with Crippen LogP contribution in [0.3, 0.4) is 0 Å². The summed E-state index contributed by atoms with van der Waals surface area (Å²) < 4.78 is 34.5. The molecule has 0 amide bonds. The molecule has 4 fully saturated rings. The van der Waals surface area contributed by atoms with Crippen LogP contribution in [-0.2, 0) is 28.4 Å². The topological polar surface area (TPSA) is 412 Å². The maximum atomic E-state index is 11.3. The zero-order valence-electron chi connectivity index (χ0n) is 25.3. The minimum absolute atomic E-state index is 0.303. The predicted octanol–water partition coefficient (Wildman–Crippen LogP) is -2.39. The van der Waals surface area contributed by atoms with Crippen LogP contribution in [0, 0.1) is 0 Å². The van der Waals surface area contributed by atoms with Crippen LogP contribution < -0.4 is 0 Å². The van der Waals surface area contributed by atoms with Crippen molar-refractivity contribution in [3.8, 4) is 0 Å². The minimum atomic E-state index is -1.82. The number of aliphatic hydroxyl groups excluding tert-OH is 8. The monoisotopic (exact) mass is 704 g/mol. The van der Waals surface area contributed by atoms with E-state index in [1.165, 1.54) is 0 Å². The maximum Gasteiger partial charge on any atom is 0.187 e. The quantitative estimate of drug-likeness (QED) is 0.0563. The highest BCUT2D eigenvalue weighted by molar-refractivity contribution is 5.04. The fourth-order valence-electron chi connectivity index (χ4n) is 6.09. The standard InChI is InChI=1S/C23H36N12O14/c24-32-28-3-9-15(40)8(38)2-12(44-9)47-20-11(5-37)46-23(18(20)43)49-21-14(39)6(29-33-25)1-7(30-34-26)19(21)48-22-13(31-35-27)17(42)16(41)10(4-36)45-22/h6-23,36-43H,1-5H2/t6-,7?,8?,9+,10?,11-,12-,13?,14?,15+,16+,17-,18?,19+,20+,21-,22+,23+/m1/s1. The summed E-state index contributed by atoms with van der Waals surface area (Å²) in [5.74, 6) is 0. The van der Waals surface area contributed by atoms with Crippen LogP contribution in [0.1, 0.15) is 12.8 Å². The van der Waals surface area contributed by atoms with Gasteiger partial charge in [0.05, 0.1) is 62.4 Å². The van der Waals surface area contributed by atoms with Crippen molar-refractivity contribution in [1.29, 1.82) is 0 Å². The second-order valence-electron chi connectivity index (χ2n) is 11.5. The molecular weight excluding hydrogens is 668 g/mol. The second kappa shape index (κ2) is 17.6. The first-order valence-corrected chi connectivity index (χ1v) is 14.9. The molecule has 0 bridgehead atoms. The number of ether oxygens (including phenoxy) is 6. The number of hydrogen-bond acceptors (Lipinski definition) is 18. The Balaban J connectivity index is 1.61. The van der Waals surface area contributed by atoms with Crippen molar-refractivity contribution in [2.24, 2.45) is 20.5 Å². The minimum Gasteiger partial charge on any atom is -0.394 e. The van der Waals surface area contributed by atoms with Crippen molar-refractivity contribution in [3.05, 3.63) is 41.8 Å². The molecule has 0 aromatic heterocycles. The van der Waals surface area contributed by atoms with Crippen molar-refractivity contribution in [2.45, 2.75) is 123 Å². The number of nitrogens with zero attached hydrogens (tertiary/aromatic N) is 12. The highest BCUT2D eigenvalue weighted by Crippen LogP contribution is 2.37. The normalized spacial score (nSPS) is 45.2. The Kier molecular flexibility index (Phi) is 13.8. The van der Waals surface area contributed by atoms with Crippen LogP contribution in [0.4, 0.5) is 0 Å². The van der Waals surface area contributed by atoms with Crippen molar-refractivity contribution < 1.29 is 69.3 Å². The van der Waals surface area contributed by atoms with Crippen LogP contribution in [0.5, 0.6) is 0 Å². The molecule has 3 aliphatic heterocycles. The summed E-state index contributed by atoms with van der Waals surface area (Å²) in [5, 5.41) is 97.5. The summed E-state index contributed by atoms with van der Waals surface area (Å²) in [6, 6.07) is -4.27. The van der Waals surface area contributed by atoms with E-state index < -0.39 is 123 Å². The lowest BCUT2D eigenvalue weighted by Crippen LogP contribution is -2.63. The second-order valence-corrected chi connectivity index (χ2v) is 11.5. The Morgan fingerprint density at radius 2 is 1.20 bits per heavy atom. The smallest absolute Gasteiger partial charge is 0.187 e. The van der Waals surface area contributed by atoms with E-state index in [4.69, 9.17) is 45.0 Å². The molecule has 3 saturated heterocycles. The first-order valence-electron chi connectivity index (χ1n) is 14.9. The highest BCUT2D eigenvalue weighted by atomic mass is 16.8. The average molecular weight is 705 g/mol. The van der Waals surface area contributed by atoms with Crippen LogP contribution >= 0.6 is 0 Å². The molecule has 0 spiro atoms. The Morgan fingerprint density at radius 1 is 0.571 bits per heavy atom. The number of hydrogen-bond donors (Lipinski definition) is 8. The van der Waals surface area contributed by atoms with E-state index in [1.807, 2.05) is 0 Å². The number of aliphatic hydroxyl groups is 8. The third-order valence-corrected chi connectivity index (χ3v) is 8.57. The van der Waals surface area contributed by atoms with Gasteiger partial charge in [-0.3, -0.25) is 0 Å². The lowest BCUT2D eigenvalue weighted by Gasteiger charge is -2.46. The molecule has 0 aromatic carbocycles. The molecule has 6 unspecified atom stereocenters. The van der Waals surface area contributed by atoms with E-state index >= 15 is 0 Å². The van der Waals surface area contributed by atoms with Crippen molar-refractivity contribution >= 4 is 0 Å². The zero-order valence-corrected chi connectivity index (χ0v) is 25.3. The third-order valence-electron chi connectivity index (χ3n) is 8.57. The van der Waals surface area contributed by atoms with Crippen LogP contribution in [0.25, 0.3) is 41.8 Å². The number of azide groups is 4. The van der Waals surface area contributed by atoms with Crippen LogP contribution in [-0.4, -0.2) is 171 Å². The van der Waals surface area contributed by atoms with Gasteiger partial charge < -0.3 is 69.3 Å². The van der Waals surface area contributed by atoms with Gasteiger partial charge in [0, 0.05) is 26.1 Å². The lowest BCUT2D eigenvalue weighted by molar-refractivity contribution is -0.310. The molecule has 1 aliphatic carbocycles. The average Bonchev–Trinajstić information content (AvgIpc) is 3.38. The third kappa shape index (κ3) is 8.53. The molecule has 272 valence electrons. The molecule has 8 N–H and O–H groups in total. The predicted molar refractivity (Wildman–Crippen MR) is 153 cm³/mol. The summed E-state index contributed by atoms with van der Waals surface area (Å²) in [4.78, 5) is 10.7. The Morgan fingerprint density at radius 3 is 1.84 bits per heavy atom. The van der Waals surface area contributed by atoms with E-state index in [9.17, 15) is 46.4 Å². The largest absolute Gasteiger partial charge is 0.394 e. The van der Waals surface area contributed by atoms with E-state index in [1.54, 1.807) is 0 Å². The van der Waals surface area contributed by atoms with E-state index in [2.05, 4.69) is 40.1 Å². The van der Waals surface area contributed by atoms with Gasteiger partial charge in [0.1, 0.15) is 48.8 Å². The van der Waals surface area contributed by atoms with Gasteiger partial charge in [0.2, 0.25) is 0 Å². The Bertz CT molecular complexity index is 1320.